The van der Waals surface area contributed by atoms with Crippen molar-refractivity contribution in [3.05, 3.63) is 30.6 Å². The molecule has 0 amide bonds. The lowest BCUT2D eigenvalue weighted by Gasteiger charge is -2.22. The van der Waals surface area contributed by atoms with Crippen LogP contribution in [-0.2, 0) is 0 Å². The molecule has 0 unspecified atom stereocenters. The maximum atomic E-state index is 4.46. The van der Waals surface area contributed by atoms with Gasteiger partial charge in [-0.05, 0) is 25.1 Å². The van der Waals surface area contributed by atoms with Crippen molar-refractivity contribution in [2.45, 2.75) is 6.42 Å². The fourth-order valence-electron chi connectivity index (χ4n) is 2.30. The Labute approximate surface area is 101 Å². The van der Waals surface area contributed by atoms with E-state index in [4.69, 9.17) is 0 Å². The summed E-state index contributed by atoms with van der Waals surface area (Å²) < 4.78 is 0. The minimum atomic E-state index is 1.01. The maximum Gasteiger partial charge on any atom is 0.139 e. The molecule has 17 heavy (non-hydrogen) atoms. The molecule has 0 atom stereocenters. The van der Waals surface area contributed by atoms with Gasteiger partial charge in [0.25, 0.3) is 0 Å². The van der Waals surface area contributed by atoms with Crippen LogP contribution in [0.1, 0.15) is 6.42 Å². The van der Waals surface area contributed by atoms with Crippen LogP contribution in [-0.4, -0.2) is 36.1 Å². The topological polar surface area (TPSA) is 41.0 Å². The van der Waals surface area contributed by atoms with E-state index < -0.39 is 0 Å². The Kier molecular flexibility index (Phi) is 2.88. The van der Waals surface area contributed by atoms with Gasteiger partial charge in [0.1, 0.15) is 12.1 Å². The van der Waals surface area contributed by atoms with Crippen LogP contribution in [0.25, 0.3) is 10.9 Å². The molecule has 1 fully saturated rings. The minimum absolute atomic E-state index is 1.01. The molecule has 4 heteroatoms. The molecule has 1 aliphatic heterocycles. The van der Waals surface area contributed by atoms with Gasteiger partial charge < -0.3 is 10.2 Å². The van der Waals surface area contributed by atoms with Crippen molar-refractivity contribution in [2.75, 3.05) is 31.1 Å². The van der Waals surface area contributed by atoms with E-state index in [1.165, 1.54) is 6.42 Å². The Morgan fingerprint density at radius 1 is 1.06 bits per heavy atom. The number of nitrogens with zero attached hydrogens (tertiary/aromatic N) is 3. The van der Waals surface area contributed by atoms with Crippen LogP contribution < -0.4 is 10.2 Å². The van der Waals surface area contributed by atoms with Crippen LogP contribution >= 0.6 is 0 Å². The van der Waals surface area contributed by atoms with Gasteiger partial charge in [0.15, 0.2) is 0 Å². The van der Waals surface area contributed by atoms with Gasteiger partial charge in [-0.15, -0.1) is 0 Å². The second-order valence-electron chi connectivity index (χ2n) is 4.31. The van der Waals surface area contributed by atoms with Gasteiger partial charge in [-0.25, -0.2) is 9.97 Å². The first-order chi connectivity index (χ1) is 8.45. The van der Waals surface area contributed by atoms with Crippen molar-refractivity contribution in [2.24, 2.45) is 0 Å². The Bertz CT molecular complexity index is 498. The van der Waals surface area contributed by atoms with Crippen molar-refractivity contribution in [3.63, 3.8) is 0 Å². The fraction of sp³-hybridized carbons (Fsp3) is 0.385. The SMILES string of the molecule is c1ccc2c(N3CCCNCC3)ncnc2c1. The molecular formula is C13H16N4. The number of hydrogen-bond acceptors (Lipinski definition) is 4. The van der Waals surface area contributed by atoms with Gasteiger partial charge in [0, 0.05) is 25.0 Å². The number of anilines is 1. The van der Waals surface area contributed by atoms with E-state index in [1.54, 1.807) is 6.33 Å². The molecule has 4 nitrogen and oxygen atoms in total. The van der Waals surface area contributed by atoms with Gasteiger partial charge in [0.05, 0.1) is 5.52 Å². The summed E-state index contributed by atoms with van der Waals surface area (Å²) in [5.74, 6) is 1.07. The summed E-state index contributed by atoms with van der Waals surface area (Å²) in [4.78, 5) is 11.1. The lowest BCUT2D eigenvalue weighted by atomic mass is 10.2. The summed E-state index contributed by atoms with van der Waals surface area (Å²) >= 11 is 0. The Morgan fingerprint density at radius 2 is 2.00 bits per heavy atom. The second kappa shape index (κ2) is 4.67. The highest BCUT2D eigenvalue weighted by Crippen LogP contribution is 2.22. The highest BCUT2D eigenvalue weighted by atomic mass is 15.2. The number of para-hydroxylation sites is 1. The highest BCUT2D eigenvalue weighted by Gasteiger charge is 2.13. The van der Waals surface area contributed by atoms with Crippen LogP contribution in [0.15, 0.2) is 30.6 Å². The number of nitrogens with one attached hydrogen (secondary N) is 1. The van der Waals surface area contributed by atoms with Crippen LogP contribution in [0.4, 0.5) is 5.82 Å². The lowest BCUT2D eigenvalue weighted by Crippen LogP contribution is -2.28. The standard InChI is InChI=1S/C13H16N4/c1-2-5-12-11(4-1)13(16-10-15-12)17-8-3-6-14-7-9-17/h1-2,4-5,10,14H,3,6-9H2. The van der Waals surface area contributed by atoms with E-state index in [9.17, 15) is 0 Å². The predicted molar refractivity (Wildman–Crippen MR) is 69.2 cm³/mol. The van der Waals surface area contributed by atoms with E-state index in [-0.39, 0.29) is 0 Å². The van der Waals surface area contributed by atoms with Gasteiger partial charge >= 0.3 is 0 Å². The molecule has 3 rings (SSSR count). The molecule has 2 heterocycles. The fourth-order valence-corrected chi connectivity index (χ4v) is 2.30. The van der Waals surface area contributed by atoms with Gasteiger partial charge in [0.2, 0.25) is 0 Å². The number of fused-ring (bicyclic) bond motifs is 1. The molecule has 0 spiro atoms. The molecular weight excluding hydrogens is 212 g/mol. The first-order valence-corrected chi connectivity index (χ1v) is 6.10. The molecule has 1 N–H and O–H groups in total. The molecule has 0 saturated carbocycles. The maximum absolute atomic E-state index is 4.46. The highest BCUT2D eigenvalue weighted by molar-refractivity contribution is 5.89. The van der Waals surface area contributed by atoms with Crippen LogP contribution in [0.2, 0.25) is 0 Å². The quantitative estimate of drug-likeness (QED) is 0.801. The monoisotopic (exact) mass is 228 g/mol. The zero-order chi connectivity index (χ0) is 11.5. The van der Waals surface area contributed by atoms with Crippen molar-refractivity contribution < 1.29 is 0 Å². The predicted octanol–water partition coefficient (Wildman–Crippen LogP) is 1.43. The summed E-state index contributed by atoms with van der Waals surface area (Å²) in [6, 6.07) is 8.20. The Hall–Kier alpha value is -1.68. The van der Waals surface area contributed by atoms with Crippen molar-refractivity contribution >= 4 is 16.7 Å². The smallest absolute Gasteiger partial charge is 0.139 e. The van der Waals surface area contributed by atoms with Gasteiger partial charge in [-0.3, -0.25) is 0 Å². The zero-order valence-corrected chi connectivity index (χ0v) is 9.76. The molecule has 88 valence electrons. The number of aromatic nitrogens is 2. The lowest BCUT2D eigenvalue weighted by molar-refractivity contribution is 0.724. The Morgan fingerprint density at radius 3 is 3.00 bits per heavy atom. The summed E-state index contributed by atoms with van der Waals surface area (Å²) in [6.07, 6.45) is 2.83. The average Bonchev–Trinajstić information content (AvgIpc) is 2.67. The third kappa shape index (κ3) is 2.08. The second-order valence-corrected chi connectivity index (χ2v) is 4.31. The molecule has 1 aromatic carbocycles. The third-order valence-electron chi connectivity index (χ3n) is 3.16. The van der Waals surface area contributed by atoms with E-state index >= 15 is 0 Å². The molecule has 2 aromatic rings. The van der Waals surface area contributed by atoms with Crippen molar-refractivity contribution in [3.8, 4) is 0 Å². The number of rotatable bonds is 1. The van der Waals surface area contributed by atoms with Gasteiger partial charge in [-0.2, -0.15) is 0 Å². The van der Waals surface area contributed by atoms with E-state index in [0.717, 1.165) is 42.9 Å². The first kappa shape index (κ1) is 10.5. The molecule has 1 saturated heterocycles. The molecule has 1 aromatic heterocycles. The van der Waals surface area contributed by atoms with Crippen molar-refractivity contribution in [1.29, 1.82) is 0 Å². The number of benzene rings is 1. The normalized spacial score (nSPS) is 17.1. The average molecular weight is 228 g/mol. The zero-order valence-electron chi connectivity index (χ0n) is 9.76. The third-order valence-corrected chi connectivity index (χ3v) is 3.16. The van der Waals surface area contributed by atoms with E-state index in [2.05, 4.69) is 26.3 Å². The molecule has 0 bridgehead atoms. The van der Waals surface area contributed by atoms with E-state index in [1.807, 2.05) is 18.2 Å². The van der Waals surface area contributed by atoms with Crippen LogP contribution in [0, 0.1) is 0 Å². The summed E-state index contributed by atoms with van der Waals surface area (Å²) in [6.45, 7) is 4.20. The largest absolute Gasteiger partial charge is 0.355 e. The number of hydrogen-bond donors (Lipinski definition) is 1. The minimum Gasteiger partial charge on any atom is -0.355 e. The van der Waals surface area contributed by atoms with Crippen LogP contribution in [0.5, 0.6) is 0 Å². The summed E-state index contributed by atoms with van der Waals surface area (Å²) in [7, 11) is 0. The van der Waals surface area contributed by atoms with Gasteiger partial charge in [-0.1, -0.05) is 12.1 Å². The molecule has 0 aliphatic carbocycles. The van der Waals surface area contributed by atoms with Crippen LogP contribution in [0.3, 0.4) is 0 Å². The van der Waals surface area contributed by atoms with E-state index in [0.29, 0.717) is 0 Å². The first-order valence-electron chi connectivity index (χ1n) is 6.10. The summed E-state index contributed by atoms with van der Waals surface area (Å²) in [5, 5.41) is 4.56. The summed E-state index contributed by atoms with van der Waals surface area (Å²) in [5.41, 5.74) is 1.02. The molecule has 0 radical (unpaired) electrons. The molecule has 1 aliphatic rings. The van der Waals surface area contributed by atoms with Crippen molar-refractivity contribution in [1.82, 2.24) is 15.3 Å². The Balaban J connectivity index is 2.03.